The Kier molecular flexibility index (Phi) is 4.92. The maximum absolute atomic E-state index is 12.1. The Labute approximate surface area is 155 Å². The largest absolute Gasteiger partial charge is 0.434 e. The van der Waals surface area contributed by atoms with Crippen LogP contribution in [-0.2, 0) is 15.1 Å². The number of fused-ring (bicyclic) bond motifs is 1. The molecule has 0 unspecified atom stereocenters. The molecule has 1 aliphatic heterocycles. The predicted octanol–water partition coefficient (Wildman–Crippen LogP) is 0.348. The van der Waals surface area contributed by atoms with Crippen molar-refractivity contribution < 1.29 is 23.8 Å². The molecule has 0 aromatic carbocycles. The first-order chi connectivity index (χ1) is 12.8. The maximum Gasteiger partial charge on any atom is 0.415 e. The average Bonchev–Trinajstić information content (AvgIpc) is 3.18. The molecule has 1 atom stereocenters. The van der Waals surface area contributed by atoms with E-state index in [-0.39, 0.29) is 31.1 Å². The second kappa shape index (κ2) is 7.03. The van der Waals surface area contributed by atoms with Crippen LogP contribution in [0.1, 0.15) is 20.8 Å². The Morgan fingerprint density at radius 2 is 2.22 bits per heavy atom. The molecule has 27 heavy (non-hydrogen) atoms. The molecule has 0 bridgehead atoms. The summed E-state index contributed by atoms with van der Waals surface area (Å²) in [6.45, 7) is 6.16. The number of carbonyl (C=O) groups excluding carboxylic acids is 2. The SMILES string of the molecule is CNC(=O)[C@H]1CN(c2cnc3c(c2)oc(=NCCO)n3C(C)(C)C)C(=O)O1. The molecule has 0 spiro atoms. The molecule has 0 saturated carbocycles. The van der Waals surface area contributed by atoms with Crippen molar-refractivity contribution in [2.45, 2.75) is 32.4 Å². The molecular formula is C17H23N5O5. The molecule has 0 aliphatic carbocycles. The molecule has 1 aliphatic rings. The van der Waals surface area contributed by atoms with Crippen LogP contribution in [-0.4, -0.2) is 59.5 Å². The first-order valence-electron chi connectivity index (χ1n) is 8.59. The molecule has 3 heterocycles. The van der Waals surface area contributed by atoms with E-state index in [2.05, 4.69) is 15.3 Å². The molecule has 0 radical (unpaired) electrons. The van der Waals surface area contributed by atoms with Crippen molar-refractivity contribution in [2.24, 2.45) is 4.99 Å². The fraction of sp³-hybridized carbons (Fsp3) is 0.529. The number of aliphatic hydroxyl groups is 1. The third kappa shape index (κ3) is 3.52. The summed E-state index contributed by atoms with van der Waals surface area (Å²) in [5, 5.41) is 11.5. The van der Waals surface area contributed by atoms with Gasteiger partial charge in [-0.15, -0.1) is 0 Å². The lowest BCUT2D eigenvalue weighted by atomic mass is 10.1. The van der Waals surface area contributed by atoms with Gasteiger partial charge in [0, 0.05) is 18.7 Å². The third-order valence-corrected chi connectivity index (χ3v) is 4.10. The topological polar surface area (TPSA) is 122 Å². The zero-order valence-corrected chi connectivity index (χ0v) is 15.7. The van der Waals surface area contributed by atoms with Gasteiger partial charge in [-0.1, -0.05) is 0 Å². The summed E-state index contributed by atoms with van der Waals surface area (Å²) in [4.78, 5) is 33.9. The van der Waals surface area contributed by atoms with E-state index in [4.69, 9.17) is 14.3 Å². The van der Waals surface area contributed by atoms with Gasteiger partial charge in [0.1, 0.15) is 0 Å². The summed E-state index contributed by atoms with van der Waals surface area (Å²) in [7, 11) is 1.48. The van der Waals surface area contributed by atoms with Crippen molar-refractivity contribution >= 4 is 28.9 Å². The maximum atomic E-state index is 12.1. The molecule has 3 rings (SSSR count). The summed E-state index contributed by atoms with van der Waals surface area (Å²) in [6.07, 6.45) is 0.0401. The summed E-state index contributed by atoms with van der Waals surface area (Å²) in [5.74, 6) is -0.367. The van der Waals surface area contributed by atoms with Gasteiger partial charge in [-0.2, -0.15) is 0 Å². The van der Waals surface area contributed by atoms with Crippen LogP contribution in [0.5, 0.6) is 0 Å². The van der Waals surface area contributed by atoms with Gasteiger partial charge in [-0.05, 0) is 20.8 Å². The van der Waals surface area contributed by atoms with E-state index < -0.39 is 12.2 Å². The molecule has 146 valence electrons. The quantitative estimate of drug-likeness (QED) is 0.793. The van der Waals surface area contributed by atoms with Crippen LogP contribution in [0.3, 0.4) is 0 Å². The standard InChI is InChI=1S/C17H23N5O5/c1-17(2,3)22-13-11(26-15(22)19-5-6-23)7-10(8-20-13)21-9-12(14(24)18-4)27-16(21)25/h7-8,12,23H,5-6,9H2,1-4H3,(H,18,24)/t12-/m1/s1. The van der Waals surface area contributed by atoms with Crippen molar-refractivity contribution in [1.82, 2.24) is 14.9 Å². The average molecular weight is 377 g/mol. The first kappa shape index (κ1) is 18.9. The minimum Gasteiger partial charge on any atom is -0.434 e. The van der Waals surface area contributed by atoms with E-state index in [1.165, 1.54) is 18.1 Å². The number of carbonyl (C=O) groups is 2. The van der Waals surface area contributed by atoms with Crippen molar-refractivity contribution in [1.29, 1.82) is 0 Å². The van der Waals surface area contributed by atoms with Crippen LogP contribution in [0.15, 0.2) is 21.7 Å². The summed E-state index contributed by atoms with van der Waals surface area (Å²) >= 11 is 0. The van der Waals surface area contributed by atoms with Crippen LogP contribution < -0.4 is 15.9 Å². The lowest BCUT2D eigenvalue weighted by Crippen LogP contribution is -2.35. The summed E-state index contributed by atoms with van der Waals surface area (Å²) in [6, 6.07) is 1.66. The Hall–Kier alpha value is -2.88. The summed E-state index contributed by atoms with van der Waals surface area (Å²) in [5.41, 5.74) is 1.45. The highest BCUT2D eigenvalue weighted by Crippen LogP contribution is 2.26. The van der Waals surface area contributed by atoms with Gasteiger partial charge in [-0.25, -0.2) is 14.8 Å². The number of anilines is 1. The van der Waals surface area contributed by atoms with Gasteiger partial charge < -0.3 is 19.6 Å². The minimum atomic E-state index is -0.871. The van der Waals surface area contributed by atoms with Crippen LogP contribution in [0.25, 0.3) is 11.2 Å². The van der Waals surface area contributed by atoms with E-state index in [0.717, 1.165) is 0 Å². The smallest absolute Gasteiger partial charge is 0.415 e. The Bertz CT molecular complexity index is 939. The first-order valence-corrected chi connectivity index (χ1v) is 8.59. The minimum absolute atomic E-state index is 0.0907. The van der Waals surface area contributed by atoms with E-state index in [1.807, 2.05) is 25.3 Å². The number of hydrogen-bond donors (Lipinski definition) is 2. The zero-order valence-electron chi connectivity index (χ0n) is 15.7. The Balaban J connectivity index is 2.04. The number of nitrogens with zero attached hydrogens (tertiary/aromatic N) is 4. The summed E-state index contributed by atoms with van der Waals surface area (Å²) < 4.78 is 12.7. The Morgan fingerprint density at radius 1 is 1.48 bits per heavy atom. The van der Waals surface area contributed by atoms with Crippen LogP contribution in [0.2, 0.25) is 0 Å². The lowest BCUT2D eigenvalue weighted by Gasteiger charge is -2.20. The van der Waals surface area contributed by atoms with Crippen LogP contribution >= 0.6 is 0 Å². The number of hydrogen-bond acceptors (Lipinski definition) is 7. The van der Waals surface area contributed by atoms with Crippen molar-refractivity contribution in [2.75, 3.05) is 31.6 Å². The number of rotatable bonds is 4. The highest BCUT2D eigenvalue weighted by Gasteiger charge is 2.37. The fourth-order valence-corrected chi connectivity index (χ4v) is 2.88. The van der Waals surface area contributed by atoms with E-state index >= 15 is 0 Å². The van der Waals surface area contributed by atoms with Crippen LogP contribution in [0.4, 0.5) is 10.5 Å². The second-order valence-corrected chi connectivity index (χ2v) is 7.11. The van der Waals surface area contributed by atoms with Gasteiger partial charge in [0.05, 0.1) is 31.6 Å². The predicted molar refractivity (Wildman–Crippen MR) is 96.2 cm³/mol. The van der Waals surface area contributed by atoms with Gasteiger partial charge in [-0.3, -0.25) is 14.3 Å². The van der Waals surface area contributed by atoms with E-state index in [9.17, 15) is 9.59 Å². The fourth-order valence-electron chi connectivity index (χ4n) is 2.88. The third-order valence-electron chi connectivity index (χ3n) is 4.10. The number of aromatic nitrogens is 2. The van der Waals surface area contributed by atoms with E-state index in [0.29, 0.717) is 22.6 Å². The number of oxazole rings is 1. The van der Waals surface area contributed by atoms with Crippen molar-refractivity contribution in [3.8, 4) is 0 Å². The van der Waals surface area contributed by atoms with Gasteiger partial charge in [0.15, 0.2) is 17.3 Å². The van der Waals surface area contributed by atoms with Gasteiger partial charge in [0.25, 0.3) is 11.6 Å². The van der Waals surface area contributed by atoms with Crippen molar-refractivity contribution in [3.05, 3.63) is 17.9 Å². The Morgan fingerprint density at radius 3 is 2.85 bits per heavy atom. The number of amides is 2. The molecule has 1 saturated heterocycles. The van der Waals surface area contributed by atoms with E-state index in [1.54, 1.807) is 6.07 Å². The molecule has 10 heteroatoms. The van der Waals surface area contributed by atoms with Crippen molar-refractivity contribution in [3.63, 3.8) is 0 Å². The second-order valence-electron chi connectivity index (χ2n) is 7.11. The highest BCUT2D eigenvalue weighted by molar-refractivity contribution is 5.96. The number of ether oxygens (including phenoxy) is 1. The lowest BCUT2D eigenvalue weighted by molar-refractivity contribution is -0.127. The highest BCUT2D eigenvalue weighted by atomic mass is 16.6. The van der Waals surface area contributed by atoms with Gasteiger partial charge >= 0.3 is 6.09 Å². The molecule has 10 nitrogen and oxygen atoms in total. The zero-order chi connectivity index (χ0) is 19.8. The normalized spacial score (nSPS) is 18.3. The molecule has 2 N–H and O–H groups in total. The molecule has 2 amide bonds. The monoisotopic (exact) mass is 377 g/mol. The number of nitrogens with one attached hydrogen (secondary N) is 1. The number of likely N-dealkylation sites (N-methyl/N-ethyl adjacent to an activating group) is 1. The van der Waals surface area contributed by atoms with Crippen LogP contribution in [0, 0.1) is 0 Å². The number of cyclic esters (lactones) is 1. The number of aliphatic hydroxyl groups excluding tert-OH is 1. The number of pyridine rings is 1. The molecule has 2 aromatic heterocycles. The van der Waals surface area contributed by atoms with Gasteiger partial charge in [0.2, 0.25) is 0 Å². The molecule has 2 aromatic rings. The molecular weight excluding hydrogens is 354 g/mol. The molecule has 1 fully saturated rings.